The highest BCUT2D eigenvalue weighted by Gasteiger charge is 2.13. The van der Waals surface area contributed by atoms with Crippen LogP contribution in [0.1, 0.15) is 5.56 Å². The molecule has 0 spiro atoms. The zero-order valence-electron chi connectivity index (χ0n) is 8.94. The molecule has 1 rings (SSSR count). The van der Waals surface area contributed by atoms with Crippen molar-refractivity contribution in [2.45, 2.75) is 6.54 Å². The van der Waals surface area contributed by atoms with Crippen LogP contribution in [0.25, 0.3) is 0 Å². The normalized spacial score (nSPS) is 9.71. The average molecular weight is 261 g/mol. The monoisotopic (exact) mass is 260 g/mol. The van der Waals surface area contributed by atoms with Gasteiger partial charge in [-0.1, -0.05) is 6.07 Å². The number of nitrogens with zero attached hydrogens (tertiary/aromatic N) is 2. The summed E-state index contributed by atoms with van der Waals surface area (Å²) in [5.41, 5.74) is 0.782. The number of rotatable bonds is 6. The van der Waals surface area contributed by atoms with Gasteiger partial charge in [-0.2, -0.15) is 0 Å². The highest BCUT2D eigenvalue weighted by molar-refractivity contribution is 5.85. The third kappa shape index (κ3) is 6.49. The van der Waals surface area contributed by atoms with Crippen LogP contribution in [0.2, 0.25) is 0 Å². The fourth-order valence-corrected chi connectivity index (χ4v) is 1.30. The minimum absolute atomic E-state index is 0. The largest absolute Gasteiger partial charge is 0.480 e. The van der Waals surface area contributed by atoms with E-state index in [1.54, 1.807) is 24.5 Å². The molecule has 0 radical (unpaired) electrons. The van der Waals surface area contributed by atoms with Gasteiger partial charge < -0.3 is 10.2 Å². The second kappa shape index (κ2) is 7.59. The van der Waals surface area contributed by atoms with Crippen LogP contribution in [0.5, 0.6) is 0 Å². The summed E-state index contributed by atoms with van der Waals surface area (Å²) in [6, 6.07) is 3.48. The Morgan fingerprint density at radius 2 is 1.82 bits per heavy atom. The van der Waals surface area contributed by atoms with Crippen LogP contribution in [0.3, 0.4) is 0 Å². The molecule has 7 heteroatoms. The zero-order chi connectivity index (χ0) is 12.0. The van der Waals surface area contributed by atoms with E-state index in [1.165, 1.54) is 4.90 Å². The van der Waals surface area contributed by atoms with E-state index in [2.05, 4.69) is 4.98 Å². The lowest BCUT2D eigenvalue weighted by Crippen LogP contribution is -2.33. The Hall–Kier alpha value is -1.66. The van der Waals surface area contributed by atoms with Crippen molar-refractivity contribution in [3.63, 3.8) is 0 Å². The molecule has 1 aromatic heterocycles. The Balaban J connectivity index is 0.00000256. The minimum atomic E-state index is -1.05. The molecule has 0 amide bonds. The molecule has 0 aliphatic rings. The summed E-state index contributed by atoms with van der Waals surface area (Å²) < 4.78 is 0. The molecule has 17 heavy (non-hydrogen) atoms. The highest BCUT2D eigenvalue weighted by Crippen LogP contribution is 2.02. The Bertz CT molecular complexity index is 356. The third-order valence-electron chi connectivity index (χ3n) is 1.85. The Kier molecular flexibility index (Phi) is 6.85. The van der Waals surface area contributed by atoms with E-state index in [0.29, 0.717) is 0 Å². The van der Waals surface area contributed by atoms with Gasteiger partial charge in [0.1, 0.15) is 0 Å². The first kappa shape index (κ1) is 15.3. The van der Waals surface area contributed by atoms with Crippen molar-refractivity contribution < 1.29 is 19.8 Å². The Morgan fingerprint density at radius 3 is 2.24 bits per heavy atom. The van der Waals surface area contributed by atoms with Crippen molar-refractivity contribution in [1.29, 1.82) is 0 Å². The van der Waals surface area contributed by atoms with Gasteiger partial charge >= 0.3 is 11.9 Å². The summed E-state index contributed by atoms with van der Waals surface area (Å²) in [6.07, 6.45) is 3.18. The number of pyridine rings is 1. The SMILES string of the molecule is Cl.O=C(O)CN(CC(=O)O)Cc1cccnc1. The van der Waals surface area contributed by atoms with Gasteiger partial charge in [0.15, 0.2) is 0 Å². The van der Waals surface area contributed by atoms with E-state index in [-0.39, 0.29) is 32.0 Å². The molecule has 1 aromatic rings. The van der Waals surface area contributed by atoms with Gasteiger partial charge in [-0.05, 0) is 11.6 Å². The fourth-order valence-electron chi connectivity index (χ4n) is 1.30. The molecule has 0 saturated heterocycles. The first-order chi connectivity index (χ1) is 7.58. The van der Waals surface area contributed by atoms with Crippen molar-refractivity contribution >= 4 is 24.3 Å². The van der Waals surface area contributed by atoms with E-state index < -0.39 is 11.9 Å². The van der Waals surface area contributed by atoms with Gasteiger partial charge in [-0.25, -0.2) is 0 Å². The minimum Gasteiger partial charge on any atom is -0.480 e. The highest BCUT2D eigenvalue weighted by atomic mass is 35.5. The van der Waals surface area contributed by atoms with Crippen molar-refractivity contribution in [1.82, 2.24) is 9.88 Å². The third-order valence-corrected chi connectivity index (χ3v) is 1.85. The first-order valence-corrected chi connectivity index (χ1v) is 4.63. The number of hydrogen-bond donors (Lipinski definition) is 2. The summed E-state index contributed by atoms with van der Waals surface area (Å²) in [6.45, 7) is -0.352. The van der Waals surface area contributed by atoms with Gasteiger partial charge in [0, 0.05) is 18.9 Å². The average Bonchev–Trinajstić information content (AvgIpc) is 2.16. The first-order valence-electron chi connectivity index (χ1n) is 4.63. The second-order valence-corrected chi connectivity index (χ2v) is 3.29. The molecular weight excluding hydrogens is 248 g/mol. The maximum atomic E-state index is 10.5. The van der Waals surface area contributed by atoms with Crippen LogP contribution >= 0.6 is 12.4 Å². The van der Waals surface area contributed by atoms with Gasteiger partial charge in [0.05, 0.1) is 13.1 Å². The summed E-state index contributed by atoms with van der Waals surface area (Å²) >= 11 is 0. The lowest BCUT2D eigenvalue weighted by atomic mass is 10.2. The van der Waals surface area contributed by atoms with Crippen LogP contribution in [0.15, 0.2) is 24.5 Å². The van der Waals surface area contributed by atoms with E-state index in [0.717, 1.165) is 5.56 Å². The van der Waals surface area contributed by atoms with Crippen molar-refractivity contribution in [3.8, 4) is 0 Å². The quantitative estimate of drug-likeness (QED) is 0.773. The van der Waals surface area contributed by atoms with Crippen LogP contribution < -0.4 is 0 Å². The van der Waals surface area contributed by atoms with E-state index in [4.69, 9.17) is 10.2 Å². The van der Waals surface area contributed by atoms with Gasteiger partial charge in [-0.3, -0.25) is 19.5 Å². The van der Waals surface area contributed by atoms with E-state index >= 15 is 0 Å². The van der Waals surface area contributed by atoms with Crippen LogP contribution in [-0.4, -0.2) is 45.1 Å². The summed E-state index contributed by atoms with van der Waals surface area (Å²) in [4.78, 5) is 26.3. The number of carbonyl (C=O) groups is 2. The molecule has 0 saturated carbocycles. The summed E-state index contributed by atoms with van der Waals surface area (Å²) in [7, 11) is 0. The molecule has 1 heterocycles. The number of hydrogen-bond acceptors (Lipinski definition) is 4. The molecule has 0 bridgehead atoms. The summed E-state index contributed by atoms with van der Waals surface area (Å²) in [5.74, 6) is -2.10. The predicted octanol–water partition coefficient (Wildman–Crippen LogP) is 0.475. The Labute approximate surface area is 104 Å². The van der Waals surface area contributed by atoms with Crippen LogP contribution in [0, 0.1) is 0 Å². The molecular formula is C10H13ClN2O4. The smallest absolute Gasteiger partial charge is 0.317 e. The number of aromatic nitrogens is 1. The molecule has 6 nitrogen and oxygen atoms in total. The van der Waals surface area contributed by atoms with Crippen LogP contribution in [0.4, 0.5) is 0 Å². The number of carboxylic acid groups (broad SMARTS) is 2. The maximum Gasteiger partial charge on any atom is 0.317 e. The molecule has 94 valence electrons. The van der Waals surface area contributed by atoms with E-state index in [1.807, 2.05) is 0 Å². The number of aliphatic carboxylic acids is 2. The standard InChI is InChI=1S/C10H12N2O4.ClH/c13-9(14)6-12(7-10(15)16)5-8-2-1-3-11-4-8;/h1-4H,5-7H2,(H,13,14)(H,15,16);1H. The molecule has 0 atom stereocenters. The van der Waals surface area contributed by atoms with E-state index in [9.17, 15) is 9.59 Å². The van der Waals surface area contributed by atoms with Crippen molar-refractivity contribution in [3.05, 3.63) is 30.1 Å². The second-order valence-electron chi connectivity index (χ2n) is 3.29. The van der Waals surface area contributed by atoms with Gasteiger partial charge in [0.25, 0.3) is 0 Å². The van der Waals surface area contributed by atoms with Crippen LogP contribution in [-0.2, 0) is 16.1 Å². The molecule has 0 unspecified atom stereocenters. The number of carboxylic acids is 2. The van der Waals surface area contributed by atoms with Crippen molar-refractivity contribution in [2.75, 3.05) is 13.1 Å². The molecule has 0 aromatic carbocycles. The number of halogens is 1. The molecule has 0 aliphatic heterocycles. The van der Waals surface area contributed by atoms with Gasteiger partial charge in [0.2, 0.25) is 0 Å². The summed E-state index contributed by atoms with van der Waals surface area (Å²) in [5, 5.41) is 17.2. The lowest BCUT2D eigenvalue weighted by molar-refractivity contribution is -0.142. The molecule has 0 fully saturated rings. The fraction of sp³-hybridized carbons (Fsp3) is 0.300. The lowest BCUT2D eigenvalue weighted by Gasteiger charge is -2.17. The predicted molar refractivity (Wildman–Crippen MR) is 62.0 cm³/mol. The molecule has 0 aliphatic carbocycles. The molecule has 2 N–H and O–H groups in total. The van der Waals surface area contributed by atoms with Crippen molar-refractivity contribution in [2.24, 2.45) is 0 Å². The Morgan fingerprint density at radius 1 is 1.24 bits per heavy atom. The van der Waals surface area contributed by atoms with Gasteiger partial charge in [-0.15, -0.1) is 12.4 Å². The maximum absolute atomic E-state index is 10.5. The topological polar surface area (TPSA) is 90.7 Å². The zero-order valence-corrected chi connectivity index (χ0v) is 9.76.